The molecule has 0 aliphatic carbocycles. The molecule has 1 aliphatic heterocycles. The maximum absolute atomic E-state index is 12.1. The summed E-state index contributed by atoms with van der Waals surface area (Å²) in [6.45, 7) is 3.34. The van der Waals surface area contributed by atoms with Crippen LogP contribution in [-0.4, -0.2) is 18.2 Å². The predicted octanol–water partition coefficient (Wildman–Crippen LogP) is 3.08. The first-order valence-electron chi connectivity index (χ1n) is 7.51. The molecule has 2 aromatic rings. The highest BCUT2D eigenvalue weighted by atomic mass is 16.5. The number of fused-ring (bicyclic) bond motifs is 2. The van der Waals surface area contributed by atoms with Crippen LogP contribution in [0.4, 0.5) is 0 Å². The van der Waals surface area contributed by atoms with Crippen LogP contribution in [0, 0.1) is 0 Å². The summed E-state index contributed by atoms with van der Waals surface area (Å²) in [7, 11) is 0. The van der Waals surface area contributed by atoms with Gasteiger partial charge in [0.1, 0.15) is 0 Å². The molecule has 0 amide bonds. The summed E-state index contributed by atoms with van der Waals surface area (Å²) >= 11 is 0. The Bertz CT molecular complexity index is 692. The summed E-state index contributed by atoms with van der Waals surface area (Å²) < 4.78 is 16.5. The normalized spacial score (nSPS) is 14.1. The maximum atomic E-state index is 12.1. The number of unbranched alkanes of at least 4 members (excludes halogenated alkanes) is 2. The summed E-state index contributed by atoms with van der Waals surface area (Å²) in [6.07, 6.45) is 4.71. The van der Waals surface area contributed by atoms with Crippen molar-refractivity contribution in [3.05, 3.63) is 28.4 Å². The molecule has 1 aromatic carbocycles. The predicted molar refractivity (Wildman–Crippen MR) is 79.1 cm³/mol. The Balaban J connectivity index is 1.99. The van der Waals surface area contributed by atoms with E-state index in [1.54, 1.807) is 12.1 Å². The second kappa shape index (κ2) is 6.16. The smallest absolute Gasteiger partial charge is 0.346 e. The van der Waals surface area contributed by atoms with Gasteiger partial charge in [-0.3, -0.25) is 0 Å². The zero-order valence-corrected chi connectivity index (χ0v) is 12.2. The number of aromatic nitrogens is 1. The van der Waals surface area contributed by atoms with E-state index >= 15 is 0 Å². The highest BCUT2D eigenvalue weighted by Gasteiger charge is 2.15. The topological polar surface area (TPSA) is 61.6 Å². The third-order valence-corrected chi connectivity index (χ3v) is 3.54. The fraction of sp³-hybridized carbons (Fsp3) is 0.500. The molecule has 0 atom stereocenters. The molecule has 0 bridgehead atoms. The first kappa shape index (κ1) is 13.9. The molecule has 0 saturated carbocycles. The van der Waals surface area contributed by atoms with E-state index in [2.05, 4.69) is 11.9 Å². The molecule has 0 saturated heterocycles. The monoisotopic (exact) mass is 289 g/mol. The molecule has 5 nitrogen and oxygen atoms in total. The lowest BCUT2D eigenvalue weighted by molar-refractivity contribution is 0.297. The van der Waals surface area contributed by atoms with Gasteiger partial charge in [0.25, 0.3) is 0 Å². The van der Waals surface area contributed by atoms with E-state index in [0.29, 0.717) is 47.9 Å². The molecule has 2 heterocycles. The largest absolute Gasteiger partial charge is 0.490 e. The Kier molecular flexibility index (Phi) is 4.08. The van der Waals surface area contributed by atoms with Gasteiger partial charge in [-0.15, -0.1) is 0 Å². The highest BCUT2D eigenvalue weighted by molar-refractivity contribution is 5.81. The number of nitrogens with zero attached hydrogens (tertiary/aromatic N) is 1. The van der Waals surface area contributed by atoms with Crippen LogP contribution < -0.4 is 15.1 Å². The number of aryl methyl sites for hydroxylation is 1. The van der Waals surface area contributed by atoms with Crippen LogP contribution in [0.2, 0.25) is 0 Å². The Labute approximate surface area is 122 Å². The molecule has 21 heavy (non-hydrogen) atoms. The average Bonchev–Trinajstić information content (AvgIpc) is 2.70. The van der Waals surface area contributed by atoms with Crippen LogP contribution in [0.3, 0.4) is 0 Å². The van der Waals surface area contributed by atoms with Gasteiger partial charge < -0.3 is 13.9 Å². The minimum absolute atomic E-state index is 0.359. The van der Waals surface area contributed by atoms with Gasteiger partial charge in [0.05, 0.1) is 24.1 Å². The number of hydrogen-bond acceptors (Lipinski definition) is 5. The Morgan fingerprint density at radius 3 is 2.67 bits per heavy atom. The van der Waals surface area contributed by atoms with Crippen LogP contribution in [0.15, 0.2) is 21.3 Å². The number of hydrogen-bond donors (Lipinski definition) is 0. The van der Waals surface area contributed by atoms with Gasteiger partial charge in [0.15, 0.2) is 17.4 Å². The van der Waals surface area contributed by atoms with Crippen LogP contribution in [0.25, 0.3) is 10.9 Å². The lowest BCUT2D eigenvalue weighted by Gasteiger charge is -2.08. The van der Waals surface area contributed by atoms with Gasteiger partial charge in [-0.1, -0.05) is 19.8 Å². The minimum Gasteiger partial charge on any atom is -0.490 e. The number of rotatable bonds is 4. The molecular formula is C16H19NO4. The lowest BCUT2D eigenvalue weighted by Crippen LogP contribution is -2.06. The summed E-state index contributed by atoms with van der Waals surface area (Å²) in [5.41, 5.74) is 0.254. The summed E-state index contributed by atoms with van der Waals surface area (Å²) in [5, 5.41) is 0.443. The summed E-state index contributed by atoms with van der Waals surface area (Å²) in [6, 6.07) is 3.45. The van der Waals surface area contributed by atoms with Crippen LogP contribution in [0.1, 0.15) is 38.5 Å². The van der Waals surface area contributed by atoms with E-state index < -0.39 is 0 Å². The Hall–Kier alpha value is -2.04. The van der Waals surface area contributed by atoms with Crippen LogP contribution in [-0.2, 0) is 6.42 Å². The van der Waals surface area contributed by atoms with Crippen molar-refractivity contribution in [2.75, 3.05) is 13.2 Å². The van der Waals surface area contributed by atoms with Gasteiger partial charge in [-0.2, -0.15) is 0 Å². The zero-order valence-electron chi connectivity index (χ0n) is 12.2. The molecule has 0 unspecified atom stereocenters. The minimum atomic E-state index is -0.359. The molecular weight excluding hydrogens is 270 g/mol. The molecule has 3 rings (SSSR count). The van der Waals surface area contributed by atoms with Crippen LogP contribution >= 0.6 is 0 Å². The molecule has 0 radical (unpaired) electrons. The van der Waals surface area contributed by atoms with E-state index in [-0.39, 0.29) is 5.63 Å². The summed E-state index contributed by atoms with van der Waals surface area (Å²) in [5.74, 6) is 1.74. The second-order valence-electron chi connectivity index (χ2n) is 5.22. The van der Waals surface area contributed by atoms with Crippen molar-refractivity contribution in [1.29, 1.82) is 0 Å². The Morgan fingerprint density at radius 2 is 1.90 bits per heavy atom. The van der Waals surface area contributed by atoms with Crippen molar-refractivity contribution < 1.29 is 13.9 Å². The fourth-order valence-corrected chi connectivity index (χ4v) is 2.41. The first-order chi connectivity index (χ1) is 10.3. The third-order valence-electron chi connectivity index (χ3n) is 3.54. The van der Waals surface area contributed by atoms with E-state index in [0.717, 1.165) is 25.7 Å². The van der Waals surface area contributed by atoms with Crippen molar-refractivity contribution in [3.8, 4) is 11.5 Å². The van der Waals surface area contributed by atoms with Gasteiger partial charge in [-0.25, -0.2) is 9.78 Å². The van der Waals surface area contributed by atoms with Crippen molar-refractivity contribution in [3.63, 3.8) is 0 Å². The lowest BCUT2D eigenvalue weighted by atomic mass is 10.2. The second-order valence-corrected chi connectivity index (χ2v) is 5.22. The number of benzene rings is 1. The van der Waals surface area contributed by atoms with E-state index in [1.807, 2.05) is 0 Å². The summed E-state index contributed by atoms with van der Waals surface area (Å²) in [4.78, 5) is 16.5. The molecule has 5 heteroatoms. The van der Waals surface area contributed by atoms with E-state index in [9.17, 15) is 4.79 Å². The van der Waals surface area contributed by atoms with Crippen LogP contribution in [0.5, 0.6) is 11.5 Å². The van der Waals surface area contributed by atoms with Gasteiger partial charge in [0.2, 0.25) is 0 Å². The average molecular weight is 289 g/mol. The standard InChI is InChI=1S/C16H19NO4/c1-2-3-4-6-15-17-12-10-14-13(19-7-5-8-20-14)9-11(12)16(18)21-15/h9-10H,2-8H2,1H3. The third kappa shape index (κ3) is 3.01. The van der Waals surface area contributed by atoms with E-state index in [1.165, 1.54) is 0 Å². The highest BCUT2D eigenvalue weighted by Crippen LogP contribution is 2.32. The zero-order chi connectivity index (χ0) is 14.7. The SMILES string of the molecule is CCCCCc1nc2cc3c(cc2c(=O)o1)OCCCO3. The van der Waals surface area contributed by atoms with Gasteiger partial charge in [0, 0.05) is 25.0 Å². The van der Waals surface area contributed by atoms with E-state index in [4.69, 9.17) is 13.9 Å². The van der Waals surface area contributed by atoms with Gasteiger partial charge in [-0.05, 0) is 6.42 Å². The molecule has 0 spiro atoms. The van der Waals surface area contributed by atoms with Crippen molar-refractivity contribution in [2.24, 2.45) is 0 Å². The van der Waals surface area contributed by atoms with Crippen molar-refractivity contribution in [2.45, 2.75) is 39.0 Å². The molecule has 1 aliphatic rings. The molecule has 0 N–H and O–H groups in total. The fourth-order valence-electron chi connectivity index (χ4n) is 2.41. The van der Waals surface area contributed by atoms with Crippen molar-refractivity contribution in [1.82, 2.24) is 4.98 Å². The van der Waals surface area contributed by atoms with Gasteiger partial charge >= 0.3 is 5.63 Å². The number of ether oxygens (including phenoxy) is 2. The molecule has 1 aromatic heterocycles. The molecule has 112 valence electrons. The maximum Gasteiger partial charge on any atom is 0.346 e. The quantitative estimate of drug-likeness (QED) is 0.809. The Morgan fingerprint density at radius 1 is 1.14 bits per heavy atom. The molecule has 0 fully saturated rings. The van der Waals surface area contributed by atoms with Crippen molar-refractivity contribution >= 4 is 10.9 Å². The first-order valence-corrected chi connectivity index (χ1v) is 7.51.